The molecular formula is C35H41N5O6Si. The molecule has 5 rings (SSSR count). The number of benzene rings is 3. The van der Waals surface area contributed by atoms with Crippen LogP contribution in [0.1, 0.15) is 38.1 Å². The van der Waals surface area contributed by atoms with Crippen LogP contribution in [0.25, 0.3) is 10.4 Å². The minimum atomic E-state index is -3.14. The first-order valence-electron chi connectivity index (χ1n) is 15.5. The third-order valence-electron chi connectivity index (χ3n) is 8.59. The van der Waals surface area contributed by atoms with Gasteiger partial charge in [0.1, 0.15) is 18.9 Å². The van der Waals surface area contributed by atoms with Crippen molar-refractivity contribution in [2.24, 2.45) is 5.11 Å². The fourth-order valence-corrected chi connectivity index (χ4v) is 11.1. The van der Waals surface area contributed by atoms with Crippen LogP contribution < -0.4 is 21.6 Å². The molecule has 0 radical (unpaired) electrons. The molecule has 11 nitrogen and oxygen atoms in total. The molecule has 1 saturated heterocycles. The predicted octanol–water partition coefficient (Wildman–Crippen LogP) is 4.66. The lowest BCUT2D eigenvalue weighted by Crippen LogP contribution is -2.69. The number of nitrogens with zero attached hydrogens (tertiary/aromatic N) is 5. The maximum Gasteiger partial charge on any atom is 0.335 e. The second kappa shape index (κ2) is 14.6. The summed E-state index contributed by atoms with van der Waals surface area (Å²) in [5.41, 5.74) is 9.45. The highest BCUT2D eigenvalue weighted by atomic mass is 28.4. The van der Waals surface area contributed by atoms with Gasteiger partial charge in [0.2, 0.25) is 0 Å². The van der Waals surface area contributed by atoms with Crippen LogP contribution >= 0.6 is 0 Å². The van der Waals surface area contributed by atoms with E-state index in [1.165, 1.54) is 17.9 Å². The predicted molar refractivity (Wildman–Crippen MR) is 182 cm³/mol. The minimum absolute atomic E-state index is 0.0523. The fraction of sp³-hybridized carbons (Fsp3) is 0.371. The van der Waals surface area contributed by atoms with E-state index in [0.29, 0.717) is 5.56 Å². The first-order chi connectivity index (χ1) is 22.6. The summed E-state index contributed by atoms with van der Waals surface area (Å²) >= 11 is 0. The number of hydrogen-bond acceptors (Lipinski definition) is 7. The largest absolute Gasteiger partial charge is 0.399 e. The molecule has 47 heavy (non-hydrogen) atoms. The molecule has 1 aliphatic rings. The highest BCUT2D eigenvalue weighted by Gasteiger charge is 2.56. The van der Waals surface area contributed by atoms with E-state index < -0.39 is 44.1 Å². The second-order valence-corrected chi connectivity index (χ2v) is 16.9. The van der Waals surface area contributed by atoms with E-state index in [1.807, 2.05) is 66.7 Å². The second-order valence-electron chi connectivity index (χ2n) is 12.6. The molecule has 4 atom stereocenters. The third kappa shape index (κ3) is 6.89. The topological polar surface area (TPSA) is 130 Å². The lowest BCUT2D eigenvalue weighted by Gasteiger charge is -2.45. The number of aryl methyl sites for hydroxylation is 1. The van der Waals surface area contributed by atoms with E-state index in [9.17, 15) is 15.1 Å². The minimum Gasteiger partial charge on any atom is -0.399 e. The normalized spacial score (nSPS) is 19.8. The molecule has 3 unspecified atom stereocenters. The van der Waals surface area contributed by atoms with Crippen molar-refractivity contribution in [2.45, 2.75) is 70.6 Å². The third-order valence-corrected chi connectivity index (χ3v) is 13.6. The van der Waals surface area contributed by atoms with Crippen molar-refractivity contribution in [1.82, 2.24) is 9.13 Å². The molecule has 1 aliphatic heterocycles. The lowest BCUT2D eigenvalue weighted by molar-refractivity contribution is -0.0541. The van der Waals surface area contributed by atoms with Crippen molar-refractivity contribution in [3.63, 3.8) is 0 Å². The van der Waals surface area contributed by atoms with Gasteiger partial charge >= 0.3 is 5.69 Å². The van der Waals surface area contributed by atoms with Gasteiger partial charge in [-0.25, -0.2) is 9.36 Å². The Morgan fingerprint density at radius 2 is 1.49 bits per heavy atom. The molecule has 0 saturated carbocycles. The Morgan fingerprint density at radius 3 is 2.02 bits per heavy atom. The molecule has 0 bridgehead atoms. The van der Waals surface area contributed by atoms with Crippen LogP contribution in [0.2, 0.25) is 5.04 Å². The van der Waals surface area contributed by atoms with Crippen molar-refractivity contribution in [2.75, 3.05) is 13.7 Å². The summed E-state index contributed by atoms with van der Waals surface area (Å²) in [5, 5.41) is 5.59. The van der Waals surface area contributed by atoms with Gasteiger partial charge in [-0.15, -0.1) is 0 Å². The fourth-order valence-electron chi connectivity index (χ4n) is 6.37. The summed E-state index contributed by atoms with van der Waals surface area (Å²) in [4.78, 5) is 30.1. The Morgan fingerprint density at radius 1 is 0.915 bits per heavy atom. The number of azide groups is 1. The molecule has 1 fully saturated rings. The Kier molecular flexibility index (Phi) is 10.6. The standard InChI is InChI=1S/C35H41N5O6Si/c1-25-22-39(34(42)40(32(25)41)24-44-23-26-15-9-6-10-16-26)33-31(43-5)30(29(45-33)21-37-38-36)46-47(35(2,3)4,27-17-11-7-12-18-27)28-19-13-8-14-20-28/h6-20,22,29-31,33H,21,23-24H2,1-5H3/t29-,30?,31?,33?/m1/s1. The quantitative estimate of drug-likeness (QED) is 0.0945. The van der Waals surface area contributed by atoms with Gasteiger partial charge < -0.3 is 18.6 Å². The average molecular weight is 656 g/mol. The Labute approximate surface area is 275 Å². The molecular weight excluding hydrogens is 615 g/mol. The Balaban J connectivity index is 1.58. The van der Waals surface area contributed by atoms with Gasteiger partial charge in [-0.3, -0.25) is 9.36 Å². The summed E-state index contributed by atoms with van der Waals surface area (Å²) in [5.74, 6) is 0. The highest BCUT2D eigenvalue weighted by Crippen LogP contribution is 2.42. The van der Waals surface area contributed by atoms with Crippen LogP contribution in [-0.2, 0) is 32.0 Å². The van der Waals surface area contributed by atoms with Crippen LogP contribution in [0.5, 0.6) is 0 Å². The maximum absolute atomic E-state index is 13.9. The Hall–Kier alpha value is -4.29. The van der Waals surface area contributed by atoms with Gasteiger partial charge in [-0.05, 0) is 33.4 Å². The first kappa shape index (κ1) is 34.1. The summed E-state index contributed by atoms with van der Waals surface area (Å²) in [6.45, 7) is 8.05. The maximum atomic E-state index is 13.9. The Bertz CT molecular complexity index is 1760. The number of rotatable bonds is 12. The van der Waals surface area contributed by atoms with Crippen LogP contribution in [0.3, 0.4) is 0 Å². The smallest absolute Gasteiger partial charge is 0.335 e. The van der Waals surface area contributed by atoms with Gasteiger partial charge in [0, 0.05) is 23.8 Å². The molecule has 0 N–H and O–H groups in total. The van der Waals surface area contributed by atoms with Crippen LogP contribution in [0, 0.1) is 6.92 Å². The molecule has 2 heterocycles. The summed E-state index contributed by atoms with van der Waals surface area (Å²) in [6.07, 6.45) is -1.82. The van der Waals surface area contributed by atoms with Gasteiger partial charge in [0.05, 0.1) is 19.3 Å². The highest BCUT2D eigenvalue weighted by molar-refractivity contribution is 6.99. The van der Waals surface area contributed by atoms with Crippen LogP contribution in [0.15, 0.2) is 112 Å². The SMILES string of the molecule is COC1C(O[Si](c2ccccc2)(c2ccccc2)C(C)(C)C)[C@@H](CN=[N+]=[N-])OC1n1cc(C)c(=O)n(COCc2ccccc2)c1=O. The monoisotopic (exact) mass is 655 g/mol. The summed E-state index contributed by atoms with van der Waals surface area (Å²) < 4.78 is 28.2. The van der Waals surface area contributed by atoms with E-state index in [-0.39, 0.29) is 24.9 Å². The van der Waals surface area contributed by atoms with Gasteiger partial charge in [0.25, 0.3) is 13.9 Å². The summed E-state index contributed by atoms with van der Waals surface area (Å²) in [7, 11) is -1.60. The molecule has 4 aromatic rings. The number of ether oxygens (including phenoxy) is 3. The zero-order valence-corrected chi connectivity index (χ0v) is 28.4. The van der Waals surface area contributed by atoms with Crippen molar-refractivity contribution < 1.29 is 18.6 Å². The molecule has 0 amide bonds. The number of aromatic nitrogens is 2. The molecule has 1 aromatic heterocycles. The molecule has 246 valence electrons. The van der Waals surface area contributed by atoms with Crippen molar-refractivity contribution in [1.29, 1.82) is 0 Å². The zero-order valence-electron chi connectivity index (χ0n) is 27.4. The average Bonchev–Trinajstić information content (AvgIpc) is 3.42. The number of hydrogen-bond donors (Lipinski definition) is 0. The van der Waals surface area contributed by atoms with E-state index in [4.69, 9.17) is 18.6 Å². The van der Waals surface area contributed by atoms with Crippen LogP contribution in [-0.4, -0.2) is 49.4 Å². The van der Waals surface area contributed by atoms with Crippen molar-refractivity contribution >= 4 is 18.7 Å². The molecule has 0 spiro atoms. The van der Waals surface area contributed by atoms with Crippen molar-refractivity contribution in [3.05, 3.63) is 140 Å². The number of methoxy groups -OCH3 is 1. The molecule has 12 heteroatoms. The van der Waals surface area contributed by atoms with Gasteiger partial charge in [0.15, 0.2) is 6.23 Å². The van der Waals surface area contributed by atoms with Gasteiger partial charge in [-0.1, -0.05) is 117 Å². The van der Waals surface area contributed by atoms with Crippen LogP contribution in [0.4, 0.5) is 0 Å². The van der Waals surface area contributed by atoms with Gasteiger partial charge in [-0.2, -0.15) is 0 Å². The first-order valence-corrected chi connectivity index (χ1v) is 17.5. The lowest BCUT2D eigenvalue weighted by atomic mass is 10.1. The van der Waals surface area contributed by atoms with E-state index in [1.54, 1.807) is 6.92 Å². The zero-order chi connectivity index (χ0) is 33.6. The van der Waals surface area contributed by atoms with E-state index >= 15 is 0 Å². The van der Waals surface area contributed by atoms with Crippen molar-refractivity contribution in [3.8, 4) is 0 Å². The van der Waals surface area contributed by atoms with E-state index in [0.717, 1.165) is 20.5 Å². The molecule has 3 aromatic carbocycles. The molecule has 0 aliphatic carbocycles. The summed E-state index contributed by atoms with van der Waals surface area (Å²) in [6, 6.07) is 29.8. The van der Waals surface area contributed by atoms with E-state index in [2.05, 4.69) is 55.1 Å².